The van der Waals surface area contributed by atoms with Gasteiger partial charge in [-0.2, -0.15) is 0 Å². The Balaban J connectivity index is 1.29. The highest BCUT2D eigenvalue weighted by Crippen LogP contribution is 2.30. The summed E-state index contributed by atoms with van der Waals surface area (Å²) in [6.45, 7) is 4.08. The molecule has 3 aromatic rings. The summed E-state index contributed by atoms with van der Waals surface area (Å²) in [4.78, 5) is 35.4. The topological polar surface area (TPSA) is 107 Å². The fraction of sp³-hybridized carbons (Fsp3) is 0.333. The van der Waals surface area contributed by atoms with E-state index in [9.17, 15) is 9.59 Å². The molecule has 4 rings (SSSR count). The van der Waals surface area contributed by atoms with E-state index < -0.39 is 5.97 Å². The lowest BCUT2D eigenvalue weighted by Crippen LogP contribution is -2.31. The van der Waals surface area contributed by atoms with Gasteiger partial charge in [0.05, 0.1) is 22.0 Å². The Morgan fingerprint density at radius 3 is 2.65 bits per heavy atom. The molecule has 0 spiro atoms. The summed E-state index contributed by atoms with van der Waals surface area (Å²) in [6, 6.07) is 9.05. The number of benzene rings is 1. The normalized spacial score (nSPS) is 13.5. The number of thiazole rings is 1. The summed E-state index contributed by atoms with van der Waals surface area (Å²) in [5, 5.41) is 16.1. The molecular formula is C24H27N5O3S2. The summed E-state index contributed by atoms with van der Waals surface area (Å²) in [6.07, 6.45) is 7.50. The number of piperidine rings is 1. The summed E-state index contributed by atoms with van der Waals surface area (Å²) in [5.74, 6) is -0.210. The van der Waals surface area contributed by atoms with Crippen LogP contribution < -0.4 is 15.5 Å². The zero-order valence-corrected chi connectivity index (χ0v) is 20.5. The Hall–Kier alpha value is -3.11. The Labute approximate surface area is 206 Å². The van der Waals surface area contributed by atoms with Crippen molar-refractivity contribution in [1.82, 2.24) is 9.97 Å². The number of carboxylic acid groups (broad SMARTS) is 1. The minimum Gasteiger partial charge on any atom is -0.478 e. The molecule has 8 nitrogen and oxygen atoms in total. The number of hydrogen-bond donors (Lipinski definition) is 3. The van der Waals surface area contributed by atoms with Crippen LogP contribution in [0.4, 0.5) is 21.3 Å². The third-order valence-electron chi connectivity index (χ3n) is 5.45. The van der Waals surface area contributed by atoms with Crippen LogP contribution in [0.3, 0.4) is 0 Å². The van der Waals surface area contributed by atoms with Crippen molar-refractivity contribution in [2.45, 2.75) is 37.6 Å². The second-order valence-electron chi connectivity index (χ2n) is 8.07. The molecular weight excluding hydrogens is 470 g/mol. The molecule has 1 fully saturated rings. The second-order valence-corrected chi connectivity index (χ2v) is 10.3. The molecule has 0 unspecified atom stereocenters. The predicted molar refractivity (Wildman–Crippen MR) is 138 cm³/mol. The van der Waals surface area contributed by atoms with Crippen LogP contribution in [0.2, 0.25) is 0 Å². The van der Waals surface area contributed by atoms with E-state index in [0.29, 0.717) is 5.13 Å². The van der Waals surface area contributed by atoms with E-state index in [1.54, 1.807) is 30.1 Å². The van der Waals surface area contributed by atoms with Crippen molar-refractivity contribution in [3.05, 3.63) is 58.7 Å². The Bertz CT molecular complexity index is 1140. The van der Waals surface area contributed by atoms with E-state index in [4.69, 9.17) is 5.11 Å². The number of thioether (sulfide) groups is 1. The quantitative estimate of drug-likeness (QED) is 0.352. The van der Waals surface area contributed by atoms with E-state index in [1.807, 2.05) is 12.1 Å². The molecule has 10 heteroatoms. The molecule has 178 valence electrons. The van der Waals surface area contributed by atoms with Gasteiger partial charge in [-0.25, -0.2) is 19.6 Å². The van der Waals surface area contributed by atoms with Crippen LogP contribution in [0.15, 0.2) is 47.8 Å². The molecule has 1 aliphatic heterocycles. The number of aromatic carboxylic acids is 1. The first kappa shape index (κ1) is 24.0. The van der Waals surface area contributed by atoms with Gasteiger partial charge in [-0.3, -0.25) is 5.32 Å². The van der Waals surface area contributed by atoms with Gasteiger partial charge in [0, 0.05) is 36.1 Å². The van der Waals surface area contributed by atoms with Crippen LogP contribution in [0.5, 0.6) is 0 Å². The number of hydrogen-bond acceptors (Lipinski definition) is 7. The average Bonchev–Trinajstić information content (AvgIpc) is 3.28. The zero-order chi connectivity index (χ0) is 23.9. The number of nitrogens with zero attached hydrogens (tertiary/aromatic N) is 3. The van der Waals surface area contributed by atoms with Gasteiger partial charge >= 0.3 is 12.0 Å². The first-order valence-electron chi connectivity index (χ1n) is 11.2. The first-order valence-corrected chi connectivity index (χ1v) is 13.0. The maximum absolute atomic E-state index is 12.7. The lowest BCUT2D eigenvalue weighted by molar-refractivity contribution is 0.0696. The Morgan fingerprint density at radius 1 is 1.09 bits per heavy atom. The number of nitrogens with one attached hydrogen (secondary N) is 2. The van der Waals surface area contributed by atoms with Gasteiger partial charge < -0.3 is 15.3 Å². The van der Waals surface area contributed by atoms with Gasteiger partial charge in [0.1, 0.15) is 0 Å². The van der Waals surface area contributed by atoms with Crippen molar-refractivity contribution in [2.75, 3.05) is 34.4 Å². The first-order chi connectivity index (χ1) is 16.5. The lowest BCUT2D eigenvalue weighted by atomic mass is 10.1. The van der Waals surface area contributed by atoms with Crippen molar-refractivity contribution in [1.29, 1.82) is 0 Å². The van der Waals surface area contributed by atoms with Gasteiger partial charge in [-0.15, -0.1) is 23.1 Å². The molecule has 1 aromatic carbocycles. The third-order valence-corrected chi connectivity index (χ3v) is 7.37. The summed E-state index contributed by atoms with van der Waals surface area (Å²) in [5.41, 5.74) is 3.22. The van der Waals surface area contributed by atoms with Gasteiger partial charge in [0.15, 0.2) is 5.13 Å². The maximum Gasteiger partial charge on any atom is 0.337 e. The predicted octanol–water partition coefficient (Wildman–Crippen LogP) is 5.51. The van der Waals surface area contributed by atoms with E-state index in [1.165, 1.54) is 42.4 Å². The lowest BCUT2D eigenvalue weighted by Gasteiger charge is -2.30. The number of aryl methyl sites for hydroxylation is 2. The second kappa shape index (κ2) is 11.3. The molecule has 1 saturated heterocycles. The fourth-order valence-electron chi connectivity index (χ4n) is 3.72. The molecule has 0 radical (unpaired) electrons. The molecule has 2 amide bonds. The number of carbonyl (C=O) groups excluding carboxylic acids is 1. The van der Waals surface area contributed by atoms with Gasteiger partial charge in [-0.1, -0.05) is 6.07 Å². The smallest absolute Gasteiger partial charge is 0.337 e. The number of pyridine rings is 1. The molecule has 34 heavy (non-hydrogen) atoms. The highest BCUT2D eigenvalue weighted by Gasteiger charge is 2.17. The number of urea groups is 1. The molecule has 0 bridgehead atoms. The number of aromatic nitrogens is 2. The van der Waals surface area contributed by atoms with Crippen molar-refractivity contribution < 1.29 is 14.7 Å². The molecule has 3 N–H and O–H groups in total. The van der Waals surface area contributed by atoms with Gasteiger partial charge in [0.25, 0.3) is 0 Å². The van der Waals surface area contributed by atoms with Crippen LogP contribution >= 0.6 is 23.1 Å². The van der Waals surface area contributed by atoms with Gasteiger partial charge in [0.2, 0.25) is 0 Å². The number of rotatable bonds is 8. The summed E-state index contributed by atoms with van der Waals surface area (Å²) >= 11 is 2.99. The average molecular weight is 498 g/mol. The minimum absolute atomic E-state index is 0.175. The van der Waals surface area contributed by atoms with Gasteiger partial charge in [-0.05, 0) is 62.4 Å². The maximum atomic E-state index is 12.7. The van der Waals surface area contributed by atoms with E-state index in [0.717, 1.165) is 46.5 Å². The Kier molecular flexibility index (Phi) is 8.02. The summed E-state index contributed by atoms with van der Waals surface area (Å²) < 4.78 is 0. The van der Waals surface area contributed by atoms with Crippen LogP contribution in [0.1, 0.15) is 40.1 Å². The number of carbonyl (C=O) groups is 2. The standard InChI is InChI=1S/C24H27N5O3S2/c1-16-5-7-19(20(13-16)29-10-3-2-4-11-29)27-23(32)28-24-26-15-18(34-24)9-12-33-21-8-6-17(14-25-21)22(30)31/h5-8,13-15H,2-4,9-12H2,1H3,(H,30,31)(H2,26,27,28,32). The SMILES string of the molecule is Cc1ccc(NC(=O)Nc2ncc(CCSc3ccc(C(=O)O)cn3)s2)c(N2CCCCC2)c1. The van der Waals surface area contributed by atoms with E-state index >= 15 is 0 Å². The summed E-state index contributed by atoms with van der Waals surface area (Å²) in [7, 11) is 0. The third kappa shape index (κ3) is 6.48. The van der Waals surface area contributed by atoms with Crippen LogP contribution in [0.25, 0.3) is 0 Å². The number of carboxylic acids is 1. The molecule has 2 aromatic heterocycles. The number of amides is 2. The minimum atomic E-state index is -0.983. The van der Waals surface area contributed by atoms with Crippen molar-refractivity contribution in [3.63, 3.8) is 0 Å². The van der Waals surface area contributed by atoms with Crippen molar-refractivity contribution in [3.8, 4) is 0 Å². The molecule has 0 aliphatic carbocycles. The van der Waals surface area contributed by atoms with Crippen LogP contribution in [0, 0.1) is 6.92 Å². The molecule has 0 atom stereocenters. The molecule has 3 heterocycles. The highest BCUT2D eigenvalue weighted by atomic mass is 32.2. The van der Waals surface area contributed by atoms with Crippen LogP contribution in [-0.4, -0.2) is 45.9 Å². The van der Waals surface area contributed by atoms with Crippen molar-refractivity contribution in [2.24, 2.45) is 0 Å². The number of anilines is 3. The molecule has 1 aliphatic rings. The highest BCUT2D eigenvalue weighted by molar-refractivity contribution is 7.99. The zero-order valence-electron chi connectivity index (χ0n) is 18.9. The Morgan fingerprint density at radius 2 is 1.91 bits per heavy atom. The fourth-order valence-corrected chi connectivity index (χ4v) is 5.48. The van der Waals surface area contributed by atoms with Crippen molar-refractivity contribution >= 4 is 51.6 Å². The van der Waals surface area contributed by atoms with E-state index in [-0.39, 0.29) is 11.6 Å². The van der Waals surface area contributed by atoms with Crippen LogP contribution in [-0.2, 0) is 6.42 Å². The molecule has 0 saturated carbocycles. The monoisotopic (exact) mass is 497 g/mol. The van der Waals surface area contributed by atoms with E-state index in [2.05, 4.69) is 38.5 Å². The largest absolute Gasteiger partial charge is 0.478 e.